The number of halogens is 1. The normalized spacial score (nSPS) is 10.7. The van der Waals surface area contributed by atoms with Crippen LogP contribution < -0.4 is 5.32 Å². The molecular weight excluding hydrogens is 247 g/mol. The summed E-state index contributed by atoms with van der Waals surface area (Å²) < 4.78 is 18.6. The van der Waals surface area contributed by atoms with Crippen molar-refractivity contribution in [1.82, 2.24) is 4.37 Å². The zero-order chi connectivity index (χ0) is 12.4. The van der Waals surface area contributed by atoms with Crippen molar-refractivity contribution in [2.75, 3.05) is 5.32 Å². The Kier molecular flexibility index (Phi) is 2.94. The first kappa shape index (κ1) is 11.2. The topological polar surface area (TPSA) is 24.9 Å². The summed E-state index contributed by atoms with van der Waals surface area (Å²) in [5, 5.41) is 4.35. The minimum absolute atomic E-state index is 0.211. The maximum absolute atomic E-state index is 13.0. The number of nitrogens with zero attached hydrogens (tertiary/aromatic N) is 1. The zero-order valence-corrected chi connectivity index (χ0v) is 10.4. The lowest BCUT2D eigenvalue weighted by molar-refractivity contribution is 0.626. The molecule has 0 spiro atoms. The van der Waals surface area contributed by atoms with Crippen LogP contribution in [0.5, 0.6) is 0 Å². The summed E-state index contributed by atoms with van der Waals surface area (Å²) in [4.78, 5) is 0. The highest BCUT2D eigenvalue weighted by atomic mass is 32.1. The largest absolute Gasteiger partial charge is 0.365 e. The Morgan fingerprint density at radius 3 is 2.89 bits per heavy atom. The smallest absolute Gasteiger partial charge is 0.147 e. The van der Waals surface area contributed by atoms with Crippen molar-refractivity contribution < 1.29 is 4.39 Å². The standard InChI is InChI=1S/C14H11FN2S/c15-11-5-3-4-10(8-11)9-16-14-12-6-1-2-7-13(12)18-17-14/h1-8H,9H2,(H,16,17). The van der Waals surface area contributed by atoms with E-state index in [1.807, 2.05) is 30.3 Å². The summed E-state index contributed by atoms with van der Waals surface area (Å²) >= 11 is 1.47. The van der Waals surface area contributed by atoms with E-state index in [-0.39, 0.29) is 5.82 Å². The van der Waals surface area contributed by atoms with Crippen molar-refractivity contribution in [1.29, 1.82) is 0 Å². The molecule has 4 heteroatoms. The minimum atomic E-state index is -0.211. The van der Waals surface area contributed by atoms with Crippen LogP contribution in [0.1, 0.15) is 5.56 Å². The minimum Gasteiger partial charge on any atom is -0.365 e. The second-order valence-electron chi connectivity index (χ2n) is 4.01. The van der Waals surface area contributed by atoms with E-state index >= 15 is 0 Å². The van der Waals surface area contributed by atoms with Gasteiger partial charge in [0.2, 0.25) is 0 Å². The molecule has 1 heterocycles. The van der Waals surface area contributed by atoms with Crippen molar-refractivity contribution in [3.05, 3.63) is 59.9 Å². The number of hydrogen-bond acceptors (Lipinski definition) is 3. The van der Waals surface area contributed by atoms with Crippen LogP contribution in [-0.2, 0) is 6.54 Å². The van der Waals surface area contributed by atoms with Gasteiger partial charge in [-0.3, -0.25) is 0 Å². The van der Waals surface area contributed by atoms with Crippen LogP contribution in [0.4, 0.5) is 10.2 Å². The molecular formula is C14H11FN2S. The van der Waals surface area contributed by atoms with Gasteiger partial charge < -0.3 is 5.32 Å². The van der Waals surface area contributed by atoms with Crippen LogP contribution in [-0.4, -0.2) is 4.37 Å². The van der Waals surface area contributed by atoms with Crippen molar-refractivity contribution in [2.45, 2.75) is 6.54 Å². The molecule has 90 valence electrons. The van der Waals surface area contributed by atoms with Crippen LogP contribution in [0.15, 0.2) is 48.5 Å². The number of nitrogens with one attached hydrogen (secondary N) is 1. The quantitative estimate of drug-likeness (QED) is 0.766. The molecule has 0 fully saturated rings. The van der Waals surface area contributed by atoms with Gasteiger partial charge in [-0.05, 0) is 41.4 Å². The molecule has 0 radical (unpaired) electrons. The molecule has 3 aromatic rings. The molecule has 0 saturated carbocycles. The molecule has 0 unspecified atom stereocenters. The summed E-state index contributed by atoms with van der Waals surface area (Å²) in [6.07, 6.45) is 0. The SMILES string of the molecule is Fc1cccc(CNc2nsc3ccccc23)c1. The highest BCUT2D eigenvalue weighted by Gasteiger charge is 2.04. The van der Waals surface area contributed by atoms with E-state index in [1.165, 1.54) is 23.7 Å². The first-order valence-corrected chi connectivity index (χ1v) is 6.43. The van der Waals surface area contributed by atoms with Gasteiger partial charge in [-0.15, -0.1) is 0 Å². The van der Waals surface area contributed by atoms with Crippen LogP contribution in [0, 0.1) is 5.82 Å². The lowest BCUT2D eigenvalue weighted by Gasteiger charge is -2.04. The molecule has 0 bridgehead atoms. The molecule has 1 aromatic heterocycles. The molecule has 2 aromatic carbocycles. The Bertz CT molecular complexity index is 678. The number of rotatable bonds is 3. The predicted octanol–water partition coefficient (Wildman–Crippen LogP) is 4.05. The molecule has 0 atom stereocenters. The van der Waals surface area contributed by atoms with E-state index in [9.17, 15) is 4.39 Å². The third kappa shape index (κ3) is 2.19. The third-order valence-corrected chi connectivity index (χ3v) is 3.55. The maximum atomic E-state index is 13.0. The van der Waals surface area contributed by atoms with Crippen LogP contribution >= 0.6 is 11.5 Å². The summed E-state index contributed by atoms with van der Waals surface area (Å²) in [6, 6.07) is 14.6. The molecule has 0 aliphatic carbocycles. The van der Waals surface area contributed by atoms with Crippen molar-refractivity contribution in [2.24, 2.45) is 0 Å². The molecule has 0 aliphatic heterocycles. The fraction of sp³-hybridized carbons (Fsp3) is 0.0714. The average Bonchev–Trinajstić information content (AvgIpc) is 2.80. The molecule has 0 aliphatic rings. The van der Waals surface area contributed by atoms with Gasteiger partial charge in [-0.25, -0.2) is 4.39 Å². The maximum Gasteiger partial charge on any atom is 0.147 e. The fourth-order valence-electron chi connectivity index (χ4n) is 1.85. The second-order valence-corrected chi connectivity index (χ2v) is 4.82. The first-order valence-electron chi connectivity index (χ1n) is 5.66. The highest BCUT2D eigenvalue weighted by molar-refractivity contribution is 7.13. The fourth-order valence-corrected chi connectivity index (χ4v) is 2.60. The Morgan fingerprint density at radius 2 is 2.00 bits per heavy atom. The molecule has 18 heavy (non-hydrogen) atoms. The number of fused-ring (bicyclic) bond motifs is 1. The predicted molar refractivity (Wildman–Crippen MR) is 73.3 cm³/mol. The monoisotopic (exact) mass is 258 g/mol. The molecule has 3 rings (SSSR count). The summed E-state index contributed by atoms with van der Waals surface area (Å²) in [7, 11) is 0. The van der Waals surface area contributed by atoms with Gasteiger partial charge in [0.1, 0.15) is 11.6 Å². The average molecular weight is 258 g/mol. The summed E-state index contributed by atoms with van der Waals surface area (Å²) in [5.74, 6) is 0.650. The van der Waals surface area contributed by atoms with E-state index in [0.717, 1.165) is 21.5 Å². The van der Waals surface area contributed by atoms with Crippen molar-refractivity contribution in [3.63, 3.8) is 0 Å². The second kappa shape index (κ2) is 4.74. The van der Waals surface area contributed by atoms with E-state index in [0.29, 0.717) is 6.54 Å². The third-order valence-electron chi connectivity index (χ3n) is 2.73. The Morgan fingerprint density at radius 1 is 1.11 bits per heavy atom. The van der Waals surface area contributed by atoms with Gasteiger partial charge >= 0.3 is 0 Å². The Hall–Kier alpha value is -1.94. The van der Waals surface area contributed by atoms with Crippen LogP contribution in [0.2, 0.25) is 0 Å². The first-order chi connectivity index (χ1) is 8.83. The Labute approximate surface area is 108 Å². The van der Waals surface area contributed by atoms with E-state index < -0.39 is 0 Å². The van der Waals surface area contributed by atoms with E-state index in [2.05, 4.69) is 9.69 Å². The lowest BCUT2D eigenvalue weighted by atomic mass is 10.2. The number of hydrogen-bond donors (Lipinski definition) is 1. The molecule has 1 N–H and O–H groups in total. The summed E-state index contributed by atoms with van der Waals surface area (Å²) in [5.41, 5.74) is 0.909. The number of benzene rings is 2. The zero-order valence-electron chi connectivity index (χ0n) is 9.56. The molecule has 0 saturated heterocycles. The van der Waals surface area contributed by atoms with Crippen LogP contribution in [0.3, 0.4) is 0 Å². The summed E-state index contributed by atoms with van der Waals surface area (Å²) in [6.45, 7) is 0.575. The van der Waals surface area contributed by atoms with Gasteiger partial charge in [0.15, 0.2) is 0 Å². The van der Waals surface area contributed by atoms with Gasteiger partial charge in [-0.2, -0.15) is 4.37 Å². The number of anilines is 1. The lowest BCUT2D eigenvalue weighted by Crippen LogP contribution is -1.99. The van der Waals surface area contributed by atoms with Gasteiger partial charge in [0.05, 0.1) is 4.70 Å². The van der Waals surface area contributed by atoms with Crippen molar-refractivity contribution in [3.8, 4) is 0 Å². The van der Waals surface area contributed by atoms with Gasteiger partial charge in [0, 0.05) is 11.9 Å². The highest BCUT2D eigenvalue weighted by Crippen LogP contribution is 2.26. The van der Waals surface area contributed by atoms with Crippen molar-refractivity contribution >= 4 is 27.4 Å². The molecule has 2 nitrogen and oxygen atoms in total. The Balaban J connectivity index is 1.81. The molecule has 0 amide bonds. The van der Waals surface area contributed by atoms with Crippen LogP contribution in [0.25, 0.3) is 10.1 Å². The number of aromatic nitrogens is 1. The van der Waals surface area contributed by atoms with Gasteiger partial charge in [-0.1, -0.05) is 24.3 Å². The van der Waals surface area contributed by atoms with Gasteiger partial charge in [0.25, 0.3) is 0 Å². The van der Waals surface area contributed by atoms with E-state index in [1.54, 1.807) is 6.07 Å². The van der Waals surface area contributed by atoms with E-state index in [4.69, 9.17) is 0 Å².